The normalized spacial score (nSPS) is 8.93. The summed E-state index contributed by atoms with van der Waals surface area (Å²) in [6.45, 7) is 2.19. The Morgan fingerprint density at radius 2 is 2.00 bits per heavy atom. The standard InChI is InChI=1S/C7H11N.C5H5N/c1-2-3-7-4-5-8-6-7;1-2-4-6-5-3-1/h4-6,8H,2-3H2,1H3;1-5H. The predicted molar refractivity (Wildman–Crippen MR) is 59.0 cm³/mol. The monoisotopic (exact) mass is 188 g/mol. The maximum atomic E-state index is 3.78. The van der Waals surface area contributed by atoms with Gasteiger partial charge in [0, 0.05) is 24.8 Å². The van der Waals surface area contributed by atoms with Crippen LogP contribution >= 0.6 is 0 Å². The number of nitrogens with one attached hydrogen (secondary N) is 1. The van der Waals surface area contributed by atoms with Crippen molar-refractivity contribution in [2.24, 2.45) is 0 Å². The minimum atomic E-state index is 1.20. The summed E-state index contributed by atoms with van der Waals surface area (Å²) in [5, 5.41) is 0. The minimum absolute atomic E-state index is 1.20. The quantitative estimate of drug-likeness (QED) is 0.771. The first-order valence-corrected chi connectivity index (χ1v) is 4.90. The Balaban J connectivity index is 0.000000146. The van der Waals surface area contributed by atoms with Crippen molar-refractivity contribution in [3.05, 3.63) is 54.6 Å². The molecule has 74 valence electrons. The van der Waals surface area contributed by atoms with Crippen molar-refractivity contribution in [3.63, 3.8) is 0 Å². The molecular weight excluding hydrogens is 172 g/mol. The van der Waals surface area contributed by atoms with Gasteiger partial charge in [-0.05, 0) is 30.2 Å². The maximum Gasteiger partial charge on any atom is 0.0267 e. The summed E-state index contributed by atoms with van der Waals surface area (Å²) >= 11 is 0. The number of aromatic nitrogens is 2. The van der Waals surface area contributed by atoms with Gasteiger partial charge in [0.25, 0.3) is 0 Å². The second-order valence-corrected chi connectivity index (χ2v) is 2.99. The third kappa shape index (κ3) is 4.45. The van der Waals surface area contributed by atoms with Gasteiger partial charge in [-0.3, -0.25) is 4.98 Å². The molecule has 2 aromatic rings. The lowest BCUT2D eigenvalue weighted by atomic mass is 10.2. The molecule has 1 N–H and O–H groups in total. The highest BCUT2D eigenvalue weighted by Crippen LogP contribution is 1.98. The third-order valence-corrected chi connectivity index (χ3v) is 1.77. The van der Waals surface area contributed by atoms with E-state index in [1.165, 1.54) is 18.4 Å². The summed E-state index contributed by atoms with van der Waals surface area (Å²) in [5.41, 5.74) is 1.41. The average Bonchev–Trinajstić information content (AvgIpc) is 2.75. The van der Waals surface area contributed by atoms with Crippen LogP contribution in [0.5, 0.6) is 0 Å². The first-order chi connectivity index (χ1) is 6.93. The maximum absolute atomic E-state index is 3.78. The molecule has 0 fully saturated rings. The molecule has 0 amide bonds. The number of rotatable bonds is 2. The number of nitrogens with zero attached hydrogens (tertiary/aromatic N) is 1. The molecule has 14 heavy (non-hydrogen) atoms. The minimum Gasteiger partial charge on any atom is -0.367 e. The molecule has 0 bridgehead atoms. The van der Waals surface area contributed by atoms with Crippen LogP contribution in [-0.2, 0) is 6.42 Å². The molecule has 0 saturated carbocycles. The van der Waals surface area contributed by atoms with Gasteiger partial charge in [-0.15, -0.1) is 0 Å². The number of aryl methyl sites for hydroxylation is 1. The number of pyridine rings is 1. The van der Waals surface area contributed by atoms with Gasteiger partial charge in [0.05, 0.1) is 0 Å². The van der Waals surface area contributed by atoms with Gasteiger partial charge in [0.15, 0.2) is 0 Å². The molecule has 2 rings (SSSR count). The molecular formula is C12H16N2. The second-order valence-electron chi connectivity index (χ2n) is 2.99. The summed E-state index contributed by atoms with van der Waals surface area (Å²) in [7, 11) is 0. The molecule has 2 heterocycles. The lowest BCUT2D eigenvalue weighted by Gasteiger charge is -1.86. The molecule has 0 aliphatic rings. The molecule has 0 unspecified atom stereocenters. The summed E-state index contributed by atoms with van der Waals surface area (Å²) < 4.78 is 0. The molecule has 0 atom stereocenters. The number of hydrogen-bond acceptors (Lipinski definition) is 1. The van der Waals surface area contributed by atoms with Crippen molar-refractivity contribution in [2.45, 2.75) is 19.8 Å². The van der Waals surface area contributed by atoms with E-state index in [-0.39, 0.29) is 0 Å². The van der Waals surface area contributed by atoms with E-state index in [1.54, 1.807) is 12.4 Å². The van der Waals surface area contributed by atoms with Crippen LogP contribution in [-0.4, -0.2) is 9.97 Å². The van der Waals surface area contributed by atoms with E-state index < -0.39 is 0 Å². The molecule has 2 aromatic heterocycles. The van der Waals surface area contributed by atoms with Gasteiger partial charge < -0.3 is 4.98 Å². The Hall–Kier alpha value is -1.57. The third-order valence-electron chi connectivity index (χ3n) is 1.77. The predicted octanol–water partition coefficient (Wildman–Crippen LogP) is 3.05. The van der Waals surface area contributed by atoms with Crippen LogP contribution in [0, 0.1) is 0 Å². The molecule has 0 aliphatic carbocycles. The molecule has 0 aromatic carbocycles. The highest BCUT2D eigenvalue weighted by molar-refractivity contribution is 5.07. The summed E-state index contributed by atoms with van der Waals surface area (Å²) in [5.74, 6) is 0. The summed E-state index contributed by atoms with van der Waals surface area (Å²) in [4.78, 5) is 6.80. The van der Waals surface area contributed by atoms with Crippen LogP contribution in [0.25, 0.3) is 0 Å². The van der Waals surface area contributed by atoms with E-state index in [1.807, 2.05) is 30.6 Å². The Bertz CT molecular complexity index is 274. The lowest BCUT2D eigenvalue weighted by molar-refractivity contribution is 0.923. The molecule has 0 saturated heterocycles. The molecule has 0 spiro atoms. The van der Waals surface area contributed by atoms with Gasteiger partial charge in [0.2, 0.25) is 0 Å². The number of H-pyrrole nitrogens is 1. The molecule has 2 heteroatoms. The van der Waals surface area contributed by atoms with Gasteiger partial charge in [-0.1, -0.05) is 19.4 Å². The number of hydrogen-bond donors (Lipinski definition) is 1. The zero-order chi connectivity index (χ0) is 10.1. The topological polar surface area (TPSA) is 28.7 Å². The highest BCUT2D eigenvalue weighted by Gasteiger charge is 1.85. The fourth-order valence-electron chi connectivity index (χ4n) is 1.12. The number of aromatic amines is 1. The van der Waals surface area contributed by atoms with Crippen molar-refractivity contribution in [1.29, 1.82) is 0 Å². The van der Waals surface area contributed by atoms with Gasteiger partial charge in [-0.25, -0.2) is 0 Å². The second kappa shape index (κ2) is 6.89. The summed E-state index contributed by atoms with van der Waals surface area (Å²) in [6, 6.07) is 7.83. The van der Waals surface area contributed by atoms with E-state index in [0.717, 1.165) is 0 Å². The average molecular weight is 188 g/mol. The van der Waals surface area contributed by atoms with Crippen LogP contribution in [0.15, 0.2) is 49.1 Å². The van der Waals surface area contributed by atoms with Gasteiger partial charge >= 0.3 is 0 Å². The van der Waals surface area contributed by atoms with Gasteiger partial charge in [0.1, 0.15) is 0 Å². The van der Waals surface area contributed by atoms with E-state index in [4.69, 9.17) is 0 Å². The fourth-order valence-corrected chi connectivity index (χ4v) is 1.12. The van der Waals surface area contributed by atoms with E-state index in [2.05, 4.69) is 23.0 Å². The van der Waals surface area contributed by atoms with Crippen molar-refractivity contribution >= 4 is 0 Å². The lowest BCUT2D eigenvalue weighted by Crippen LogP contribution is -1.74. The smallest absolute Gasteiger partial charge is 0.0267 e. The van der Waals surface area contributed by atoms with Gasteiger partial charge in [-0.2, -0.15) is 0 Å². The zero-order valence-corrected chi connectivity index (χ0v) is 8.48. The zero-order valence-electron chi connectivity index (χ0n) is 8.48. The Morgan fingerprint density at radius 3 is 2.36 bits per heavy atom. The van der Waals surface area contributed by atoms with Crippen LogP contribution in [0.3, 0.4) is 0 Å². The van der Waals surface area contributed by atoms with Crippen molar-refractivity contribution < 1.29 is 0 Å². The summed E-state index contributed by atoms with van der Waals surface area (Å²) in [6.07, 6.45) is 9.94. The first-order valence-electron chi connectivity index (χ1n) is 4.90. The van der Waals surface area contributed by atoms with Crippen LogP contribution in [0.2, 0.25) is 0 Å². The van der Waals surface area contributed by atoms with E-state index in [0.29, 0.717) is 0 Å². The van der Waals surface area contributed by atoms with Crippen molar-refractivity contribution in [2.75, 3.05) is 0 Å². The largest absolute Gasteiger partial charge is 0.367 e. The van der Waals surface area contributed by atoms with E-state index in [9.17, 15) is 0 Å². The van der Waals surface area contributed by atoms with Crippen molar-refractivity contribution in [1.82, 2.24) is 9.97 Å². The van der Waals surface area contributed by atoms with Crippen molar-refractivity contribution in [3.8, 4) is 0 Å². The molecule has 0 aliphatic heterocycles. The first kappa shape index (κ1) is 10.5. The van der Waals surface area contributed by atoms with Crippen LogP contribution < -0.4 is 0 Å². The Kier molecular flexibility index (Phi) is 5.18. The fraction of sp³-hybridized carbons (Fsp3) is 0.250. The van der Waals surface area contributed by atoms with Crippen LogP contribution in [0.1, 0.15) is 18.9 Å². The van der Waals surface area contributed by atoms with E-state index >= 15 is 0 Å². The Labute approximate surface area is 85.0 Å². The Morgan fingerprint density at radius 1 is 1.21 bits per heavy atom. The van der Waals surface area contributed by atoms with Crippen LogP contribution in [0.4, 0.5) is 0 Å². The molecule has 0 radical (unpaired) electrons. The molecule has 2 nitrogen and oxygen atoms in total. The SMILES string of the molecule is CCCc1cc[nH]c1.c1ccncc1. The highest BCUT2D eigenvalue weighted by atomic mass is 14.6.